The molecule has 0 bridgehead atoms. The summed E-state index contributed by atoms with van der Waals surface area (Å²) in [5.74, 6) is -3.54. The molecule has 3 aromatic rings. The van der Waals surface area contributed by atoms with E-state index in [2.05, 4.69) is 5.32 Å². The molecule has 3 aromatic carbocycles. The monoisotopic (exact) mass is 529 g/mol. The van der Waals surface area contributed by atoms with Crippen molar-refractivity contribution in [2.24, 2.45) is 5.92 Å². The number of hydrogen-bond donors (Lipinski definition) is 2. The average molecular weight is 531 g/mol. The molecule has 2 N–H and O–H groups in total. The van der Waals surface area contributed by atoms with Crippen LogP contribution >= 0.6 is 34.8 Å². The van der Waals surface area contributed by atoms with E-state index in [0.29, 0.717) is 43.0 Å². The predicted molar refractivity (Wildman–Crippen MR) is 131 cm³/mol. The molecule has 3 rings (SSSR count). The van der Waals surface area contributed by atoms with Crippen LogP contribution in [-0.4, -0.2) is 23.8 Å². The van der Waals surface area contributed by atoms with Gasteiger partial charge in [-0.2, -0.15) is 13.2 Å². The number of hydrogen-bond acceptors (Lipinski definition) is 2. The number of carboxylic acids is 1. The minimum Gasteiger partial charge on any atom is -0.481 e. The van der Waals surface area contributed by atoms with Crippen molar-refractivity contribution in [3.8, 4) is 11.1 Å². The lowest BCUT2D eigenvalue weighted by Gasteiger charge is -2.27. The maximum absolute atomic E-state index is 13.6. The highest BCUT2D eigenvalue weighted by atomic mass is 35.5. The Labute approximate surface area is 210 Å². The van der Waals surface area contributed by atoms with Crippen LogP contribution in [0.15, 0.2) is 60.7 Å². The fraction of sp³-hybridized carbons (Fsp3) is 0.240. The zero-order valence-electron chi connectivity index (χ0n) is 18.0. The Balaban J connectivity index is 1.95. The fourth-order valence-corrected chi connectivity index (χ4v) is 4.37. The van der Waals surface area contributed by atoms with E-state index in [4.69, 9.17) is 34.8 Å². The molecule has 0 saturated carbocycles. The number of halogens is 6. The van der Waals surface area contributed by atoms with Crippen LogP contribution in [0.1, 0.15) is 24.0 Å². The van der Waals surface area contributed by atoms with Crippen LogP contribution in [0.2, 0.25) is 15.1 Å². The van der Waals surface area contributed by atoms with Gasteiger partial charge in [-0.1, -0.05) is 72.1 Å². The second kappa shape index (κ2) is 10.9. The Hall–Kier alpha value is -2.41. The molecule has 0 radical (unpaired) electrons. The van der Waals surface area contributed by atoms with Crippen LogP contribution < -0.4 is 5.32 Å². The summed E-state index contributed by atoms with van der Waals surface area (Å²) < 4.78 is 40.8. The predicted octanol–water partition coefficient (Wildman–Crippen LogP) is 8.34. The highest BCUT2D eigenvalue weighted by molar-refractivity contribution is 6.34. The molecule has 2 atom stereocenters. The van der Waals surface area contributed by atoms with Crippen LogP contribution in [0.25, 0.3) is 11.1 Å². The maximum Gasteiger partial charge on any atom is 0.392 e. The van der Waals surface area contributed by atoms with Crippen molar-refractivity contribution in [3.05, 3.63) is 86.9 Å². The summed E-state index contributed by atoms with van der Waals surface area (Å²) in [7, 11) is 0. The summed E-state index contributed by atoms with van der Waals surface area (Å²) >= 11 is 18.6. The summed E-state index contributed by atoms with van der Waals surface area (Å²) in [6.07, 6.45) is -4.63. The number of rotatable bonds is 8. The molecule has 2 unspecified atom stereocenters. The van der Waals surface area contributed by atoms with Gasteiger partial charge in [-0.15, -0.1) is 0 Å². The maximum atomic E-state index is 13.6. The van der Waals surface area contributed by atoms with E-state index in [1.54, 1.807) is 60.7 Å². The Bertz CT molecular complexity index is 1170. The molecule has 0 heterocycles. The molecular formula is C25H21Cl3F3NO2. The van der Waals surface area contributed by atoms with Crippen LogP contribution in [0.3, 0.4) is 0 Å². The van der Waals surface area contributed by atoms with E-state index in [0.717, 1.165) is 6.92 Å². The summed E-state index contributed by atoms with van der Waals surface area (Å²) in [5, 5.41) is 13.4. The van der Waals surface area contributed by atoms with Crippen LogP contribution in [0.5, 0.6) is 0 Å². The fourth-order valence-electron chi connectivity index (χ4n) is 3.76. The summed E-state index contributed by atoms with van der Waals surface area (Å²) in [5.41, 5.74) is 2.54. The minimum atomic E-state index is -4.40. The van der Waals surface area contributed by atoms with Gasteiger partial charge in [0.1, 0.15) is 0 Å². The Morgan fingerprint density at radius 1 is 1.00 bits per heavy atom. The number of benzene rings is 3. The van der Waals surface area contributed by atoms with Gasteiger partial charge in [0.25, 0.3) is 0 Å². The molecule has 0 spiro atoms. The number of nitrogens with one attached hydrogen (secondary N) is 1. The highest BCUT2D eigenvalue weighted by Gasteiger charge is 2.41. The summed E-state index contributed by atoms with van der Waals surface area (Å²) in [6, 6.07) is 16.2. The molecule has 0 saturated heterocycles. The van der Waals surface area contributed by atoms with Crippen LogP contribution in [-0.2, 0) is 11.2 Å². The SMILES string of the molecule is CC(C(CNc1cc(-c2c(Cl)cccc2CC(=O)O)ccc1Cl)c1ccc(Cl)cc1)C(F)(F)F. The number of carboxylic acid groups (broad SMARTS) is 1. The first kappa shape index (κ1) is 26.2. The molecule has 0 amide bonds. The third-order valence-electron chi connectivity index (χ3n) is 5.63. The van der Waals surface area contributed by atoms with Crippen LogP contribution in [0, 0.1) is 5.92 Å². The van der Waals surface area contributed by atoms with Crippen molar-refractivity contribution >= 4 is 46.5 Å². The normalized spacial score (nSPS) is 13.4. The smallest absolute Gasteiger partial charge is 0.392 e. The lowest BCUT2D eigenvalue weighted by Crippen LogP contribution is -2.30. The Morgan fingerprint density at radius 2 is 1.68 bits per heavy atom. The van der Waals surface area contributed by atoms with Gasteiger partial charge in [0, 0.05) is 28.1 Å². The molecular weight excluding hydrogens is 510 g/mol. The Kier molecular flexibility index (Phi) is 8.39. The van der Waals surface area contributed by atoms with E-state index in [-0.39, 0.29) is 13.0 Å². The van der Waals surface area contributed by atoms with Gasteiger partial charge < -0.3 is 10.4 Å². The first-order chi connectivity index (χ1) is 16.0. The van der Waals surface area contributed by atoms with Crippen molar-refractivity contribution in [1.82, 2.24) is 0 Å². The van der Waals surface area contributed by atoms with Crippen molar-refractivity contribution in [2.45, 2.75) is 25.4 Å². The minimum absolute atomic E-state index is 0.0456. The van der Waals surface area contributed by atoms with E-state index in [1.807, 2.05) is 0 Å². The lowest BCUT2D eigenvalue weighted by molar-refractivity contribution is -0.174. The quantitative estimate of drug-likeness (QED) is 0.308. The number of alkyl halides is 3. The molecule has 0 aliphatic heterocycles. The first-order valence-electron chi connectivity index (χ1n) is 10.3. The summed E-state index contributed by atoms with van der Waals surface area (Å²) in [4.78, 5) is 11.3. The van der Waals surface area contributed by atoms with E-state index in [9.17, 15) is 23.1 Å². The molecule has 3 nitrogen and oxygen atoms in total. The van der Waals surface area contributed by atoms with Gasteiger partial charge in [0.2, 0.25) is 0 Å². The standard InChI is InChI=1S/C25H21Cl3F3NO2/c1-14(25(29,30)31)19(15-5-8-18(26)9-6-15)13-32-22-11-17(7-10-20(22)27)24-16(12-23(33)34)3-2-4-21(24)28/h2-11,14,19,32H,12-13H2,1H3,(H,33,34). The third-order valence-corrected chi connectivity index (χ3v) is 6.52. The summed E-state index contributed by atoms with van der Waals surface area (Å²) in [6.45, 7) is 1.09. The van der Waals surface area contributed by atoms with E-state index < -0.39 is 24.0 Å². The number of carbonyl (C=O) groups is 1. The first-order valence-corrected chi connectivity index (χ1v) is 11.5. The zero-order chi connectivity index (χ0) is 25.0. The molecule has 9 heteroatoms. The lowest BCUT2D eigenvalue weighted by atomic mass is 9.86. The van der Waals surface area contributed by atoms with Crippen molar-refractivity contribution in [3.63, 3.8) is 0 Å². The highest BCUT2D eigenvalue weighted by Crippen LogP contribution is 2.39. The van der Waals surface area contributed by atoms with Gasteiger partial charge in [-0.3, -0.25) is 4.79 Å². The second-order valence-corrected chi connectivity index (χ2v) is 9.16. The Morgan fingerprint density at radius 3 is 2.29 bits per heavy atom. The van der Waals surface area contributed by atoms with Gasteiger partial charge in [-0.05, 0) is 47.0 Å². The molecule has 0 aliphatic rings. The second-order valence-electron chi connectivity index (χ2n) is 7.91. The van der Waals surface area contributed by atoms with Gasteiger partial charge >= 0.3 is 12.1 Å². The van der Waals surface area contributed by atoms with Crippen LogP contribution in [0.4, 0.5) is 18.9 Å². The molecule has 34 heavy (non-hydrogen) atoms. The number of anilines is 1. The van der Waals surface area contributed by atoms with Crippen molar-refractivity contribution < 1.29 is 23.1 Å². The van der Waals surface area contributed by atoms with E-state index in [1.165, 1.54) is 0 Å². The molecule has 180 valence electrons. The topological polar surface area (TPSA) is 49.3 Å². The molecule has 0 fully saturated rings. The third kappa shape index (κ3) is 6.38. The van der Waals surface area contributed by atoms with Crippen molar-refractivity contribution in [2.75, 3.05) is 11.9 Å². The van der Waals surface area contributed by atoms with E-state index >= 15 is 0 Å². The zero-order valence-corrected chi connectivity index (χ0v) is 20.2. The molecule has 0 aliphatic carbocycles. The van der Waals surface area contributed by atoms with Crippen molar-refractivity contribution in [1.29, 1.82) is 0 Å². The largest absolute Gasteiger partial charge is 0.481 e. The van der Waals surface area contributed by atoms with Gasteiger partial charge in [-0.25, -0.2) is 0 Å². The van der Waals surface area contributed by atoms with Gasteiger partial charge in [0.15, 0.2) is 0 Å². The average Bonchev–Trinajstić information content (AvgIpc) is 2.75. The van der Waals surface area contributed by atoms with Gasteiger partial charge in [0.05, 0.1) is 23.0 Å². The molecule has 0 aromatic heterocycles. The number of aliphatic carboxylic acids is 1.